The molecule has 1 fully saturated rings. The maximum atomic E-state index is 10.5. The molecule has 0 aliphatic heterocycles. The molecule has 0 radical (unpaired) electrons. The molecule has 1 aliphatic rings. The molecule has 0 amide bonds. The highest BCUT2D eigenvalue weighted by Crippen LogP contribution is 2.30. The lowest BCUT2D eigenvalue weighted by molar-refractivity contribution is -0.385. The number of ether oxygens (including phenoxy) is 1. The van der Waals surface area contributed by atoms with Gasteiger partial charge in [-0.2, -0.15) is 0 Å². The molecule has 0 aromatic carbocycles. The number of nitrogens with zero attached hydrogens (tertiary/aromatic N) is 2. The summed E-state index contributed by atoms with van der Waals surface area (Å²) in [4.78, 5) is 14.1. The van der Waals surface area contributed by atoms with Crippen molar-refractivity contribution < 1.29 is 9.66 Å². The molecule has 6 nitrogen and oxygen atoms in total. The van der Waals surface area contributed by atoms with E-state index >= 15 is 0 Å². The Bertz CT molecular complexity index is 435. The third-order valence-electron chi connectivity index (χ3n) is 2.81. The maximum Gasteiger partial charge on any atom is 0.288 e. The van der Waals surface area contributed by atoms with Gasteiger partial charge in [0.05, 0.1) is 15.5 Å². The van der Waals surface area contributed by atoms with Gasteiger partial charge in [-0.25, -0.2) is 4.98 Å². The molecule has 1 aliphatic carbocycles. The minimum absolute atomic E-state index is 0.0224. The van der Waals surface area contributed by atoms with E-state index in [1.807, 2.05) is 0 Å². The molecule has 1 aromatic heterocycles. The minimum atomic E-state index is -0.466. The van der Waals surface area contributed by atoms with Crippen LogP contribution in [0.3, 0.4) is 0 Å². The van der Waals surface area contributed by atoms with Crippen LogP contribution in [0, 0.1) is 10.1 Å². The number of rotatable bonds is 4. The van der Waals surface area contributed by atoms with Crippen molar-refractivity contribution in [2.75, 3.05) is 12.4 Å². The number of aromatic nitrogens is 1. The molecule has 17 heavy (non-hydrogen) atoms. The van der Waals surface area contributed by atoms with Crippen LogP contribution in [-0.4, -0.2) is 29.2 Å². The van der Waals surface area contributed by atoms with E-state index in [2.05, 4.69) is 26.2 Å². The zero-order valence-corrected chi connectivity index (χ0v) is 10.8. The van der Waals surface area contributed by atoms with Gasteiger partial charge in [-0.15, -0.1) is 0 Å². The summed E-state index contributed by atoms with van der Waals surface area (Å²) in [6.07, 6.45) is 3.42. The van der Waals surface area contributed by atoms with Crippen molar-refractivity contribution >= 4 is 27.4 Å². The Morgan fingerprint density at radius 2 is 2.35 bits per heavy atom. The molecule has 2 rings (SSSR count). The first-order valence-electron chi connectivity index (χ1n) is 5.19. The number of hydrogen-bond donors (Lipinski definition) is 1. The van der Waals surface area contributed by atoms with Gasteiger partial charge >= 0.3 is 0 Å². The Hall–Kier alpha value is -1.21. The molecule has 1 aromatic rings. The van der Waals surface area contributed by atoms with Gasteiger partial charge in [0.2, 0.25) is 0 Å². The molecule has 1 N–H and O–H groups in total. The fourth-order valence-corrected chi connectivity index (χ4v) is 2.15. The fraction of sp³-hybridized carbons (Fsp3) is 0.500. The van der Waals surface area contributed by atoms with Gasteiger partial charge in [0.1, 0.15) is 12.0 Å². The van der Waals surface area contributed by atoms with Crippen molar-refractivity contribution in [2.24, 2.45) is 0 Å². The Labute approximate surface area is 107 Å². The summed E-state index contributed by atoms with van der Waals surface area (Å²) in [7, 11) is 1.70. The normalized spacial score (nSPS) is 22.9. The van der Waals surface area contributed by atoms with Crippen LogP contribution in [0.1, 0.15) is 12.8 Å². The van der Waals surface area contributed by atoms with Gasteiger partial charge in [-0.1, -0.05) is 0 Å². The Morgan fingerprint density at radius 3 is 2.88 bits per heavy atom. The number of halogens is 1. The Balaban J connectivity index is 2.00. The minimum Gasteiger partial charge on any atom is -0.381 e. The van der Waals surface area contributed by atoms with E-state index in [0.717, 1.165) is 12.8 Å². The molecule has 0 unspecified atom stereocenters. The summed E-state index contributed by atoms with van der Waals surface area (Å²) in [5.74, 6) is 0.634. The predicted octanol–water partition coefficient (Wildman–Crippen LogP) is 2.34. The first-order valence-corrected chi connectivity index (χ1v) is 5.98. The van der Waals surface area contributed by atoms with E-state index in [1.54, 1.807) is 7.11 Å². The van der Waals surface area contributed by atoms with Crippen molar-refractivity contribution in [1.29, 1.82) is 0 Å². The average Bonchev–Trinajstić information content (AvgIpc) is 2.24. The van der Waals surface area contributed by atoms with Crippen LogP contribution < -0.4 is 5.32 Å². The largest absolute Gasteiger partial charge is 0.381 e. The highest BCUT2D eigenvalue weighted by atomic mass is 79.9. The van der Waals surface area contributed by atoms with Gasteiger partial charge in [0.25, 0.3) is 5.69 Å². The summed E-state index contributed by atoms with van der Waals surface area (Å²) in [5.41, 5.74) is -0.0224. The Kier molecular flexibility index (Phi) is 3.58. The fourth-order valence-electron chi connectivity index (χ4n) is 1.70. The van der Waals surface area contributed by atoms with Crippen LogP contribution in [0.25, 0.3) is 0 Å². The van der Waals surface area contributed by atoms with Crippen molar-refractivity contribution in [3.05, 3.63) is 26.9 Å². The van der Waals surface area contributed by atoms with Gasteiger partial charge in [0.15, 0.2) is 0 Å². The number of hydrogen-bond acceptors (Lipinski definition) is 5. The topological polar surface area (TPSA) is 77.3 Å². The molecule has 1 saturated carbocycles. The van der Waals surface area contributed by atoms with Crippen LogP contribution in [0.5, 0.6) is 0 Å². The molecule has 92 valence electrons. The number of methoxy groups -OCH3 is 1. The van der Waals surface area contributed by atoms with E-state index in [-0.39, 0.29) is 5.69 Å². The lowest BCUT2D eigenvalue weighted by atomic mass is 9.89. The van der Waals surface area contributed by atoms with Crippen LogP contribution in [-0.2, 0) is 4.74 Å². The highest BCUT2D eigenvalue weighted by Gasteiger charge is 2.29. The smallest absolute Gasteiger partial charge is 0.288 e. The molecular weight excluding hydrogens is 290 g/mol. The van der Waals surface area contributed by atoms with E-state index in [0.29, 0.717) is 22.4 Å². The van der Waals surface area contributed by atoms with Gasteiger partial charge in [-0.3, -0.25) is 10.1 Å². The third kappa shape index (κ3) is 2.73. The number of nitrogens with one attached hydrogen (secondary N) is 1. The zero-order chi connectivity index (χ0) is 12.4. The summed E-state index contributed by atoms with van der Waals surface area (Å²) < 4.78 is 5.78. The van der Waals surface area contributed by atoms with Crippen LogP contribution in [0.15, 0.2) is 16.7 Å². The molecule has 0 spiro atoms. The van der Waals surface area contributed by atoms with Gasteiger partial charge in [0, 0.05) is 19.2 Å². The third-order valence-corrected chi connectivity index (χ3v) is 3.41. The van der Waals surface area contributed by atoms with Crippen molar-refractivity contribution in [2.45, 2.75) is 25.0 Å². The SMILES string of the molecule is COC1CC(Nc2ncc([N+](=O)[O-])cc2Br)C1. The molecule has 7 heteroatoms. The highest BCUT2D eigenvalue weighted by molar-refractivity contribution is 9.10. The van der Waals surface area contributed by atoms with Crippen molar-refractivity contribution in [3.63, 3.8) is 0 Å². The average molecular weight is 302 g/mol. The first kappa shape index (κ1) is 12.3. The molecule has 0 bridgehead atoms. The molecular formula is C10H12BrN3O3. The summed E-state index contributed by atoms with van der Waals surface area (Å²) in [5, 5.41) is 13.8. The number of pyridine rings is 1. The quantitative estimate of drug-likeness (QED) is 0.682. The van der Waals surface area contributed by atoms with E-state index in [1.165, 1.54) is 12.3 Å². The Morgan fingerprint density at radius 1 is 1.65 bits per heavy atom. The second kappa shape index (κ2) is 4.97. The molecule has 0 saturated heterocycles. The predicted molar refractivity (Wildman–Crippen MR) is 66.0 cm³/mol. The lowest BCUT2D eigenvalue weighted by Gasteiger charge is -2.35. The first-order chi connectivity index (χ1) is 8.10. The van der Waals surface area contributed by atoms with Gasteiger partial charge in [-0.05, 0) is 28.8 Å². The van der Waals surface area contributed by atoms with Crippen LogP contribution in [0.2, 0.25) is 0 Å². The van der Waals surface area contributed by atoms with Crippen LogP contribution in [0.4, 0.5) is 11.5 Å². The van der Waals surface area contributed by atoms with E-state index in [9.17, 15) is 10.1 Å². The summed E-state index contributed by atoms with van der Waals surface area (Å²) in [6.45, 7) is 0. The number of nitro groups is 1. The van der Waals surface area contributed by atoms with Crippen molar-refractivity contribution in [1.82, 2.24) is 4.98 Å². The second-order valence-corrected chi connectivity index (χ2v) is 4.81. The van der Waals surface area contributed by atoms with E-state index in [4.69, 9.17) is 4.74 Å². The monoisotopic (exact) mass is 301 g/mol. The molecule has 1 heterocycles. The van der Waals surface area contributed by atoms with Crippen LogP contribution >= 0.6 is 15.9 Å². The summed E-state index contributed by atoms with van der Waals surface area (Å²) in [6, 6.07) is 1.77. The van der Waals surface area contributed by atoms with Gasteiger partial charge < -0.3 is 10.1 Å². The maximum absolute atomic E-state index is 10.5. The number of anilines is 1. The molecule has 0 atom stereocenters. The standard InChI is InChI=1S/C10H12BrN3O3/c1-17-8-2-6(3-8)13-10-9(11)4-7(5-12-10)14(15)16/h4-6,8H,2-3H2,1H3,(H,12,13). The second-order valence-electron chi connectivity index (χ2n) is 3.95. The lowest BCUT2D eigenvalue weighted by Crippen LogP contribution is -2.40. The zero-order valence-electron chi connectivity index (χ0n) is 9.22. The van der Waals surface area contributed by atoms with Crippen molar-refractivity contribution in [3.8, 4) is 0 Å². The summed E-state index contributed by atoms with van der Waals surface area (Å²) >= 11 is 3.27. The van der Waals surface area contributed by atoms with E-state index < -0.39 is 4.92 Å².